The molecular weight excluding hydrogens is 893 g/mol. The number of carbonyl (C=O) groups excluding carboxylic acids is 1. The van der Waals surface area contributed by atoms with Crippen LogP contribution in [-0.2, 0) is 22.1 Å². The van der Waals surface area contributed by atoms with E-state index in [1.165, 1.54) is 40.9 Å². The molecule has 2 aromatic heterocycles. The van der Waals surface area contributed by atoms with Crippen molar-refractivity contribution < 1.29 is 47.3 Å². The van der Waals surface area contributed by atoms with E-state index >= 15 is 0 Å². The fraction of sp³-hybridized carbons (Fsp3) is 0.0364. The van der Waals surface area contributed by atoms with E-state index < -0.39 is 5.97 Å². The summed E-state index contributed by atoms with van der Waals surface area (Å²) in [6.07, 6.45) is 3.00. The van der Waals surface area contributed by atoms with Gasteiger partial charge in [0.2, 0.25) is 11.8 Å². The van der Waals surface area contributed by atoms with E-state index in [9.17, 15) is 25.2 Å². The van der Waals surface area contributed by atoms with Crippen molar-refractivity contribution in [3.05, 3.63) is 204 Å². The number of phenolic OH excluding ortho intramolecular Hbond substituents is 2. The monoisotopic (exact) mass is 934 g/mol. The number of carbonyl (C=O) groups is 1. The van der Waals surface area contributed by atoms with Crippen molar-refractivity contribution in [1.82, 2.24) is 19.6 Å². The van der Waals surface area contributed by atoms with Gasteiger partial charge in [0.05, 0.1) is 35.2 Å². The van der Waals surface area contributed by atoms with Gasteiger partial charge >= 0.3 is 5.97 Å². The second kappa shape index (κ2) is 20.2. The Morgan fingerprint density at radius 1 is 0.529 bits per heavy atom. The van der Waals surface area contributed by atoms with E-state index in [0.717, 1.165) is 43.9 Å². The summed E-state index contributed by atoms with van der Waals surface area (Å²) in [5, 5.41) is 56.4. The molecule has 0 saturated carbocycles. The molecule has 0 saturated heterocycles. The zero-order valence-corrected chi connectivity index (χ0v) is 37.9. The second-order valence-electron chi connectivity index (χ2n) is 15.4. The Morgan fingerprint density at radius 3 is 1.44 bits per heavy atom. The number of phenols is 2. The van der Waals surface area contributed by atoms with Gasteiger partial charge in [-0.2, -0.15) is 10.2 Å². The minimum Gasteiger partial charge on any atom is -0.506 e. The van der Waals surface area contributed by atoms with Crippen LogP contribution in [0.25, 0.3) is 55.4 Å². The first-order chi connectivity index (χ1) is 32.7. The van der Waals surface area contributed by atoms with Crippen molar-refractivity contribution >= 4 is 51.3 Å². The van der Waals surface area contributed by atoms with Crippen LogP contribution in [0.3, 0.4) is 0 Å². The SMILES string of the molecule is COC(=O)c1ccc(O)c(N=Cc2c(-c3cccc4ccccc34)nn(-c3ccccc3)c2O)c1.Cc1ccc(O)c(N=Cc2c(-c3cccc4ccccc34)nn(-c3ccccc3)c2O)c1.[Cr]. The number of aromatic nitrogens is 4. The number of benzene rings is 8. The molecule has 0 aliphatic heterocycles. The molecule has 4 N–H and O–H groups in total. The Hall–Kier alpha value is -8.76. The summed E-state index contributed by atoms with van der Waals surface area (Å²) in [4.78, 5) is 20.8. The summed E-state index contributed by atoms with van der Waals surface area (Å²) in [6.45, 7) is 1.94. The van der Waals surface area contributed by atoms with E-state index in [1.54, 1.807) is 18.3 Å². The number of hydrogen-bond donors (Lipinski definition) is 4. The van der Waals surface area contributed by atoms with E-state index in [1.807, 2.05) is 159 Å². The maximum atomic E-state index is 11.9. The van der Waals surface area contributed by atoms with Crippen molar-refractivity contribution in [3.8, 4) is 57.1 Å². The average Bonchev–Trinajstić information content (AvgIpc) is 3.88. The summed E-state index contributed by atoms with van der Waals surface area (Å²) in [7, 11) is 1.28. The molecule has 0 spiro atoms. The minimum absolute atomic E-state index is 0. The number of hydrogen-bond acceptors (Lipinski definition) is 10. The Labute approximate surface area is 401 Å². The van der Waals surface area contributed by atoms with Gasteiger partial charge in [-0.25, -0.2) is 14.2 Å². The van der Waals surface area contributed by atoms with Gasteiger partial charge in [-0.15, -0.1) is 0 Å². The molecule has 0 fully saturated rings. The average molecular weight is 935 g/mol. The number of ether oxygens (including phenoxy) is 1. The molecular formula is C55H42CrN6O6. The molecule has 0 amide bonds. The number of para-hydroxylation sites is 2. The third-order valence-corrected chi connectivity index (χ3v) is 11.1. The number of fused-ring (bicyclic) bond motifs is 2. The van der Waals surface area contributed by atoms with E-state index in [4.69, 9.17) is 14.9 Å². The first kappa shape index (κ1) is 45.8. The van der Waals surface area contributed by atoms with Gasteiger partial charge in [0.15, 0.2) is 0 Å². The zero-order chi connectivity index (χ0) is 46.4. The Balaban J connectivity index is 0.000000182. The largest absolute Gasteiger partial charge is 0.506 e. The predicted octanol–water partition coefficient (Wildman–Crippen LogP) is 11.8. The number of esters is 1. The van der Waals surface area contributed by atoms with Crippen LogP contribution in [0.15, 0.2) is 192 Å². The third-order valence-electron chi connectivity index (χ3n) is 11.1. The summed E-state index contributed by atoms with van der Waals surface area (Å²) < 4.78 is 7.71. The molecule has 0 aliphatic rings. The quantitative estimate of drug-likeness (QED) is 0.0819. The molecule has 10 rings (SSSR count). The van der Waals surface area contributed by atoms with Gasteiger partial charge in [-0.3, -0.25) is 9.98 Å². The molecule has 10 aromatic rings. The van der Waals surface area contributed by atoms with Gasteiger partial charge in [0, 0.05) is 40.9 Å². The first-order valence-electron chi connectivity index (χ1n) is 21.2. The summed E-state index contributed by atoms with van der Waals surface area (Å²) >= 11 is 0. The molecule has 0 unspecified atom stereocenters. The normalized spacial score (nSPS) is 11.1. The van der Waals surface area contributed by atoms with E-state index in [0.29, 0.717) is 33.9 Å². The predicted molar refractivity (Wildman–Crippen MR) is 263 cm³/mol. The molecule has 0 atom stereocenters. The standard InChI is InChI=1S/C28H21N3O4.C27H21N3O2.Cr/c1-35-28(34)19-14-15-25(32)24(16-19)29-17-23-26(22-13-7-9-18-8-5-6-12-21(18)22)30-31(27(23)33)20-10-3-2-4-11-20;1-18-14-15-25(31)24(16-18)28-17-23-26(22-13-7-9-19-8-5-6-12-21(19)22)29-30(27(23)32)20-10-3-2-4-11-20;/h2-17,32-33H,1H3;2-17,31-32H,1H3;. The van der Waals surface area contributed by atoms with Gasteiger partial charge in [-0.05, 0) is 88.6 Å². The Kier molecular flexibility index (Phi) is 13.6. The summed E-state index contributed by atoms with van der Waals surface area (Å²) in [5.74, 6) is -0.705. The van der Waals surface area contributed by atoms with Crippen LogP contribution in [0.1, 0.15) is 27.0 Å². The number of aromatic hydroxyl groups is 4. The maximum Gasteiger partial charge on any atom is 0.337 e. The molecule has 2 heterocycles. The molecule has 12 nitrogen and oxygen atoms in total. The molecule has 0 aliphatic carbocycles. The van der Waals surface area contributed by atoms with Crippen LogP contribution in [0.2, 0.25) is 0 Å². The number of aliphatic imine (C=N–C) groups is 2. The number of aryl methyl sites for hydroxylation is 1. The minimum atomic E-state index is -0.544. The molecule has 13 heteroatoms. The van der Waals surface area contributed by atoms with Crippen molar-refractivity contribution in [2.45, 2.75) is 6.92 Å². The van der Waals surface area contributed by atoms with Crippen molar-refractivity contribution in [3.63, 3.8) is 0 Å². The van der Waals surface area contributed by atoms with Crippen LogP contribution in [-0.4, -0.2) is 65.5 Å². The second-order valence-corrected chi connectivity index (χ2v) is 15.4. The van der Waals surface area contributed by atoms with Crippen LogP contribution >= 0.6 is 0 Å². The van der Waals surface area contributed by atoms with Crippen molar-refractivity contribution in [2.24, 2.45) is 9.98 Å². The van der Waals surface area contributed by atoms with Crippen molar-refractivity contribution in [1.29, 1.82) is 0 Å². The van der Waals surface area contributed by atoms with Crippen LogP contribution in [0.5, 0.6) is 23.3 Å². The van der Waals surface area contributed by atoms with Crippen molar-refractivity contribution in [2.75, 3.05) is 7.11 Å². The van der Waals surface area contributed by atoms with Gasteiger partial charge in [0.1, 0.15) is 34.3 Å². The maximum absolute atomic E-state index is 11.9. The Bertz CT molecular complexity index is 3490. The molecule has 0 bridgehead atoms. The van der Waals surface area contributed by atoms with Gasteiger partial charge < -0.3 is 25.2 Å². The van der Waals surface area contributed by atoms with E-state index in [-0.39, 0.29) is 51.9 Å². The Morgan fingerprint density at radius 2 is 0.956 bits per heavy atom. The van der Waals surface area contributed by atoms with Crippen LogP contribution in [0, 0.1) is 6.92 Å². The molecule has 68 heavy (non-hydrogen) atoms. The van der Waals surface area contributed by atoms with Crippen LogP contribution in [0.4, 0.5) is 11.4 Å². The van der Waals surface area contributed by atoms with Crippen LogP contribution < -0.4 is 0 Å². The zero-order valence-electron chi connectivity index (χ0n) is 36.7. The van der Waals surface area contributed by atoms with Gasteiger partial charge in [-0.1, -0.05) is 127 Å². The molecule has 334 valence electrons. The first-order valence-corrected chi connectivity index (χ1v) is 21.2. The van der Waals surface area contributed by atoms with Gasteiger partial charge in [0.25, 0.3) is 0 Å². The topological polar surface area (TPSA) is 168 Å². The smallest absolute Gasteiger partial charge is 0.337 e. The fourth-order valence-corrected chi connectivity index (χ4v) is 7.72. The summed E-state index contributed by atoms with van der Waals surface area (Å²) in [5.41, 5.74) is 6.93. The third kappa shape index (κ3) is 9.34. The summed E-state index contributed by atoms with van der Waals surface area (Å²) in [6, 6.07) is 56.1. The molecule has 0 radical (unpaired) electrons. The molecule has 8 aromatic carbocycles. The fourth-order valence-electron chi connectivity index (χ4n) is 7.72. The van der Waals surface area contributed by atoms with E-state index in [2.05, 4.69) is 9.98 Å². The number of methoxy groups -OCH3 is 1. The number of rotatable bonds is 9. The number of nitrogens with zero attached hydrogens (tertiary/aromatic N) is 6.